The van der Waals surface area contributed by atoms with Gasteiger partial charge in [0.15, 0.2) is 9.84 Å². The maximum absolute atomic E-state index is 11.3. The maximum atomic E-state index is 11.3. The van der Waals surface area contributed by atoms with E-state index in [-0.39, 0.29) is 11.5 Å². The molecule has 1 aromatic rings. The first-order valence-corrected chi connectivity index (χ1v) is 6.24. The second-order valence-electron chi connectivity index (χ2n) is 3.06. The highest BCUT2D eigenvalue weighted by Gasteiger charge is 2.16. The Bertz CT molecular complexity index is 375. The van der Waals surface area contributed by atoms with E-state index in [0.29, 0.717) is 5.69 Å². The first-order valence-electron chi connectivity index (χ1n) is 4.42. The Balaban J connectivity index is 2.74. The second-order valence-corrected chi connectivity index (χ2v) is 5.46. The van der Waals surface area contributed by atoms with Crippen molar-refractivity contribution in [3.63, 3.8) is 0 Å². The SMILES string of the molecule is CCS(=O)(=O)CC(N)c1ccccn1. The van der Waals surface area contributed by atoms with Crippen LogP contribution in [0, 0.1) is 0 Å². The van der Waals surface area contributed by atoms with Crippen LogP contribution in [0.1, 0.15) is 18.7 Å². The second kappa shape index (κ2) is 4.52. The van der Waals surface area contributed by atoms with Crippen molar-refractivity contribution in [3.8, 4) is 0 Å². The lowest BCUT2D eigenvalue weighted by Gasteiger charge is -2.09. The van der Waals surface area contributed by atoms with Crippen molar-refractivity contribution in [1.82, 2.24) is 4.98 Å². The van der Waals surface area contributed by atoms with Gasteiger partial charge in [0.25, 0.3) is 0 Å². The van der Waals surface area contributed by atoms with E-state index in [0.717, 1.165) is 0 Å². The highest BCUT2D eigenvalue weighted by atomic mass is 32.2. The van der Waals surface area contributed by atoms with E-state index in [2.05, 4.69) is 4.98 Å². The Morgan fingerprint density at radius 3 is 2.71 bits per heavy atom. The summed E-state index contributed by atoms with van der Waals surface area (Å²) in [5, 5.41) is 0. The first-order chi connectivity index (χ1) is 6.55. The molecule has 0 aliphatic carbocycles. The average Bonchev–Trinajstić information content (AvgIpc) is 2.19. The molecule has 0 radical (unpaired) electrons. The lowest BCUT2D eigenvalue weighted by atomic mass is 10.2. The minimum absolute atomic E-state index is 0.0412. The minimum atomic E-state index is -3.03. The lowest BCUT2D eigenvalue weighted by molar-refractivity contribution is 0.589. The van der Waals surface area contributed by atoms with Crippen LogP contribution in [0.4, 0.5) is 0 Å². The number of sulfone groups is 1. The van der Waals surface area contributed by atoms with Gasteiger partial charge >= 0.3 is 0 Å². The highest BCUT2D eigenvalue weighted by molar-refractivity contribution is 7.91. The molecule has 1 rings (SSSR count). The number of pyridine rings is 1. The van der Waals surface area contributed by atoms with E-state index in [1.54, 1.807) is 31.3 Å². The Hall–Kier alpha value is -0.940. The molecule has 1 atom stereocenters. The fourth-order valence-corrected chi connectivity index (χ4v) is 2.03. The summed E-state index contributed by atoms with van der Waals surface area (Å²) in [6.07, 6.45) is 1.60. The Kier molecular flexibility index (Phi) is 3.60. The molecule has 1 unspecified atom stereocenters. The summed E-state index contributed by atoms with van der Waals surface area (Å²) >= 11 is 0. The van der Waals surface area contributed by atoms with Gasteiger partial charge in [-0.2, -0.15) is 0 Å². The van der Waals surface area contributed by atoms with Crippen LogP contribution in [-0.2, 0) is 9.84 Å². The van der Waals surface area contributed by atoms with Crippen LogP contribution >= 0.6 is 0 Å². The number of rotatable bonds is 4. The van der Waals surface area contributed by atoms with Crippen LogP contribution in [0.15, 0.2) is 24.4 Å². The Morgan fingerprint density at radius 2 is 2.21 bits per heavy atom. The Morgan fingerprint density at radius 1 is 1.50 bits per heavy atom. The topological polar surface area (TPSA) is 73.0 Å². The Labute approximate surface area is 84.1 Å². The summed E-state index contributed by atoms with van der Waals surface area (Å²) in [7, 11) is -3.03. The maximum Gasteiger partial charge on any atom is 0.151 e. The molecule has 0 bridgehead atoms. The molecule has 0 saturated heterocycles. The molecule has 78 valence electrons. The zero-order valence-corrected chi connectivity index (χ0v) is 8.87. The number of hydrogen-bond donors (Lipinski definition) is 1. The molecule has 2 N–H and O–H groups in total. The summed E-state index contributed by atoms with van der Waals surface area (Å²) in [5.41, 5.74) is 6.33. The zero-order chi connectivity index (χ0) is 10.6. The van der Waals surface area contributed by atoms with Crippen molar-refractivity contribution in [2.75, 3.05) is 11.5 Å². The van der Waals surface area contributed by atoms with Gasteiger partial charge in [-0.25, -0.2) is 8.42 Å². The summed E-state index contributed by atoms with van der Waals surface area (Å²) in [5.74, 6) is 0.0774. The first kappa shape index (κ1) is 11.1. The van der Waals surface area contributed by atoms with Crippen LogP contribution in [-0.4, -0.2) is 24.9 Å². The molecule has 0 amide bonds. The van der Waals surface area contributed by atoms with Crippen LogP contribution in [0.25, 0.3) is 0 Å². The van der Waals surface area contributed by atoms with Gasteiger partial charge in [0.2, 0.25) is 0 Å². The van der Waals surface area contributed by atoms with Crippen LogP contribution < -0.4 is 5.73 Å². The summed E-state index contributed by atoms with van der Waals surface area (Å²) in [4.78, 5) is 4.01. The molecule has 4 nitrogen and oxygen atoms in total. The third kappa shape index (κ3) is 3.08. The molecule has 0 saturated carbocycles. The third-order valence-electron chi connectivity index (χ3n) is 1.94. The number of nitrogens with zero attached hydrogens (tertiary/aromatic N) is 1. The van der Waals surface area contributed by atoms with Crippen molar-refractivity contribution >= 4 is 9.84 Å². The smallest absolute Gasteiger partial charge is 0.151 e. The van der Waals surface area contributed by atoms with Crippen molar-refractivity contribution in [3.05, 3.63) is 30.1 Å². The van der Waals surface area contributed by atoms with Crippen molar-refractivity contribution in [2.45, 2.75) is 13.0 Å². The van der Waals surface area contributed by atoms with Crippen molar-refractivity contribution in [1.29, 1.82) is 0 Å². The zero-order valence-electron chi connectivity index (χ0n) is 8.05. The largest absolute Gasteiger partial charge is 0.322 e. The predicted octanol–water partition coefficient (Wildman–Crippen LogP) is 0.516. The summed E-state index contributed by atoms with van der Waals surface area (Å²) in [6, 6.07) is 4.77. The molecule has 0 spiro atoms. The monoisotopic (exact) mass is 214 g/mol. The molecule has 14 heavy (non-hydrogen) atoms. The molecule has 1 heterocycles. The number of hydrogen-bond acceptors (Lipinski definition) is 4. The quantitative estimate of drug-likeness (QED) is 0.792. The van der Waals surface area contributed by atoms with Crippen molar-refractivity contribution in [2.24, 2.45) is 5.73 Å². The van der Waals surface area contributed by atoms with Gasteiger partial charge < -0.3 is 5.73 Å². The summed E-state index contributed by atoms with van der Waals surface area (Å²) in [6.45, 7) is 1.61. The van der Waals surface area contributed by atoms with Gasteiger partial charge in [0.05, 0.1) is 17.5 Å². The van der Waals surface area contributed by atoms with Gasteiger partial charge in [-0.3, -0.25) is 4.98 Å². The molecule has 0 fully saturated rings. The van der Waals surface area contributed by atoms with Gasteiger partial charge in [-0.05, 0) is 12.1 Å². The van der Waals surface area contributed by atoms with E-state index in [9.17, 15) is 8.42 Å². The normalized spacial score (nSPS) is 13.9. The minimum Gasteiger partial charge on any atom is -0.322 e. The van der Waals surface area contributed by atoms with Gasteiger partial charge in [0.1, 0.15) is 0 Å². The third-order valence-corrected chi connectivity index (χ3v) is 3.69. The molecule has 5 heteroatoms. The van der Waals surface area contributed by atoms with E-state index in [4.69, 9.17) is 5.73 Å². The number of aromatic nitrogens is 1. The fraction of sp³-hybridized carbons (Fsp3) is 0.444. The summed E-state index contributed by atoms with van der Waals surface area (Å²) < 4.78 is 22.6. The van der Waals surface area contributed by atoms with E-state index < -0.39 is 15.9 Å². The van der Waals surface area contributed by atoms with E-state index in [1.165, 1.54) is 0 Å². The van der Waals surface area contributed by atoms with Gasteiger partial charge in [-0.1, -0.05) is 13.0 Å². The molecular formula is C9H14N2O2S. The highest BCUT2D eigenvalue weighted by Crippen LogP contribution is 2.09. The molecule has 0 aromatic carbocycles. The van der Waals surface area contributed by atoms with E-state index >= 15 is 0 Å². The average molecular weight is 214 g/mol. The standard InChI is InChI=1S/C9H14N2O2S/c1-2-14(12,13)7-8(10)9-5-3-4-6-11-9/h3-6,8H,2,7,10H2,1H3. The van der Waals surface area contributed by atoms with E-state index in [1.807, 2.05) is 0 Å². The van der Waals surface area contributed by atoms with Crippen LogP contribution in [0.3, 0.4) is 0 Å². The molecule has 1 aromatic heterocycles. The predicted molar refractivity (Wildman–Crippen MR) is 55.5 cm³/mol. The lowest BCUT2D eigenvalue weighted by Crippen LogP contribution is -2.23. The van der Waals surface area contributed by atoms with Gasteiger partial charge in [-0.15, -0.1) is 0 Å². The van der Waals surface area contributed by atoms with Crippen LogP contribution in [0.5, 0.6) is 0 Å². The fourth-order valence-electron chi connectivity index (χ4n) is 1.07. The van der Waals surface area contributed by atoms with Crippen molar-refractivity contribution < 1.29 is 8.42 Å². The van der Waals surface area contributed by atoms with Crippen LogP contribution in [0.2, 0.25) is 0 Å². The molecular weight excluding hydrogens is 200 g/mol. The van der Waals surface area contributed by atoms with Gasteiger partial charge in [0, 0.05) is 11.9 Å². The number of nitrogens with two attached hydrogens (primary N) is 1. The molecule has 0 aliphatic heterocycles. The molecule has 0 aliphatic rings.